The van der Waals surface area contributed by atoms with Gasteiger partial charge in [0.15, 0.2) is 5.75 Å². The molecule has 0 aliphatic heterocycles. The largest absolute Gasteiger partial charge is 0.503 e. The third-order valence-corrected chi connectivity index (χ3v) is 6.42. The van der Waals surface area contributed by atoms with Gasteiger partial charge in [-0.15, -0.1) is 0 Å². The van der Waals surface area contributed by atoms with Crippen LogP contribution in [0.25, 0.3) is 11.1 Å². The van der Waals surface area contributed by atoms with Crippen LogP contribution in [0, 0.1) is 0 Å². The van der Waals surface area contributed by atoms with Gasteiger partial charge in [-0.05, 0) is 22.3 Å². The van der Waals surface area contributed by atoms with E-state index in [1.165, 1.54) is 17.0 Å². The third kappa shape index (κ3) is 5.41. The van der Waals surface area contributed by atoms with Crippen molar-refractivity contribution in [1.82, 2.24) is 9.29 Å². The van der Waals surface area contributed by atoms with Crippen LogP contribution in [0.3, 0.4) is 0 Å². The normalized spacial score (nSPS) is 11.2. The van der Waals surface area contributed by atoms with Gasteiger partial charge in [0, 0.05) is 12.7 Å². The summed E-state index contributed by atoms with van der Waals surface area (Å²) in [6.07, 6.45) is 2.47. The Hall–Kier alpha value is -4.17. The minimum Gasteiger partial charge on any atom is -0.503 e. The second kappa shape index (κ2) is 9.76. The van der Waals surface area contributed by atoms with Crippen molar-refractivity contribution in [2.45, 2.75) is 12.3 Å². The third-order valence-electron chi connectivity index (χ3n) is 5.21. The summed E-state index contributed by atoms with van der Waals surface area (Å²) in [6, 6.07) is 25.7. The van der Waals surface area contributed by atoms with E-state index >= 15 is 0 Å². The standard InChI is InChI=1S/C26H22N2O5S/c29-24-17-28(15-21-13-7-8-14-22(21)20-11-5-2-6-12-20)16-23(25(24)30)26(31)27-34(32,33)18-19-9-3-1-4-10-19/h1-14,16-17,29H,15,18H2,(H,27,31). The Balaban J connectivity index is 1.61. The van der Waals surface area contributed by atoms with Crippen LogP contribution in [-0.2, 0) is 22.3 Å². The number of nitrogens with zero attached hydrogens (tertiary/aromatic N) is 1. The Bertz CT molecular complexity index is 1480. The van der Waals surface area contributed by atoms with Crippen LogP contribution in [0.15, 0.2) is 102 Å². The molecule has 0 atom stereocenters. The zero-order valence-corrected chi connectivity index (χ0v) is 18.9. The molecule has 0 saturated carbocycles. The lowest BCUT2D eigenvalue weighted by atomic mass is 9.99. The van der Waals surface area contributed by atoms with E-state index < -0.39 is 38.4 Å². The number of aromatic hydroxyl groups is 1. The number of hydrogen-bond acceptors (Lipinski definition) is 5. The minimum atomic E-state index is -4.06. The molecule has 7 nitrogen and oxygen atoms in total. The van der Waals surface area contributed by atoms with Gasteiger partial charge in [0.1, 0.15) is 5.56 Å². The Morgan fingerprint density at radius 2 is 1.47 bits per heavy atom. The molecule has 0 fully saturated rings. The van der Waals surface area contributed by atoms with Crippen LogP contribution < -0.4 is 10.2 Å². The number of benzene rings is 3. The number of carbonyl (C=O) groups excluding carboxylic acids is 1. The first-order valence-electron chi connectivity index (χ1n) is 10.5. The molecule has 0 aliphatic carbocycles. The molecule has 0 aliphatic rings. The van der Waals surface area contributed by atoms with Crippen molar-refractivity contribution in [3.63, 3.8) is 0 Å². The Labute approximate surface area is 197 Å². The number of carbonyl (C=O) groups is 1. The van der Waals surface area contributed by atoms with Gasteiger partial charge in [0.05, 0.1) is 11.9 Å². The van der Waals surface area contributed by atoms with Crippen LogP contribution in [0.5, 0.6) is 5.75 Å². The maximum absolute atomic E-state index is 12.7. The van der Waals surface area contributed by atoms with Crippen LogP contribution in [0.2, 0.25) is 0 Å². The number of pyridine rings is 1. The number of aromatic nitrogens is 1. The first-order chi connectivity index (χ1) is 16.3. The maximum atomic E-state index is 12.7. The number of sulfonamides is 1. The van der Waals surface area contributed by atoms with Crippen molar-refractivity contribution >= 4 is 15.9 Å². The molecule has 2 N–H and O–H groups in total. The Morgan fingerprint density at radius 3 is 2.18 bits per heavy atom. The van der Waals surface area contributed by atoms with E-state index in [0.29, 0.717) is 5.56 Å². The summed E-state index contributed by atoms with van der Waals surface area (Å²) >= 11 is 0. The molecule has 0 unspecified atom stereocenters. The predicted molar refractivity (Wildman–Crippen MR) is 130 cm³/mol. The maximum Gasteiger partial charge on any atom is 0.270 e. The summed E-state index contributed by atoms with van der Waals surface area (Å²) in [4.78, 5) is 25.1. The summed E-state index contributed by atoms with van der Waals surface area (Å²) in [5.41, 5.74) is 1.92. The fourth-order valence-electron chi connectivity index (χ4n) is 3.65. The van der Waals surface area contributed by atoms with Crippen LogP contribution >= 0.6 is 0 Å². The van der Waals surface area contributed by atoms with E-state index in [-0.39, 0.29) is 6.54 Å². The smallest absolute Gasteiger partial charge is 0.270 e. The summed E-state index contributed by atoms with van der Waals surface area (Å²) in [5, 5.41) is 10.2. The minimum absolute atomic E-state index is 0.246. The molecule has 0 radical (unpaired) electrons. The molecule has 4 aromatic rings. The molecule has 172 valence electrons. The molecular weight excluding hydrogens is 452 g/mol. The van der Waals surface area contributed by atoms with E-state index in [4.69, 9.17) is 0 Å². The fraction of sp³-hybridized carbons (Fsp3) is 0.0769. The summed E-state index contributed by atoms with van der Waals surface area (Å²) in [7, 11) is -4.06. The molecule has 0 spiro atoms. The van der Waals surface area contributed by atoms with Gasteiger partial charge in [0.2, 0.25) is 15.5 Å². The first-order valence-corrected chi connectivity index (χ1v) is 12.1. The number of nitrogens with one attached hydrogen (secondary N) is 1. The highest BCUT2D eigenvalue weighted by Gasteiger charge is 2.21. The van der Waals surface area contributed by atoms with Gasteiger partial charge >= 0.3 is 0 Å². The van der Waals surface area contributed by atoms with E-state index in [1.54, 1.807) is 30.3 Å². The summed E-state index contributed by atoms with van der Waals surface area (Å²) in [5.74, 6) is -2.16. The lowest BCUT2D eigenvalue weighted by Gasteiger charge is -2.14. The number of hydrogen-bond donors (Lipinski definition) is 2. The topological polar surface area (TPSA) is 105 Å². The van der Waals surface area contributed by atoms with E-state index in [0.717, 1.165) is 16.7 Å². The highest BCUT2D eigenvalue weighted by molar-refractivity contribution is 7.89. The van der Waals surface area contributed by atoms with Crippen molar-refractivity contribution in [2.75, 3.05) is 0 Å². The van der Waals surface area contributed by atoms with Crippen molar-refractivity contribution in [3.05, 3.63) is 124 Å². The molecule has 3 aromatic carbocycles. The fourth-order valence-corrected chi connectivity index (χ4v) is 4.74. The second-order valence-corrected chi connectivity index (χ2v) is 9.48. The van der Waals surface area contributed by atoms with Crippen molar-refractivity contribution < 1.29 is 18.3 Å². The molecule has 1 heterocycles. The Morgan fingerprint density at radius 1 is 0.853 bits per heavy atom. The van der Waals surface area contributed by atoms with Crippen molar-refractivity contribution in [2.24, 2.45) is 0 Å². The summed E-state index contributed by atoms with van der Waals surface area (Å²) < 4.78 is 28.3. The summed E-state index contributed by atoms with van der Waals surface area (Å²) in [6.45, 7) is 0.246. The molecule has 4 rings (SSSR count). The van der Waals surface area contributed by atoms with Crippen molar-refractivity contribution in [1.29, 1.82) is 0 Å². The lowest BCUT2D eigenvalue weighted by molar-refractivity contribution is 0.0979. The van der Waals surface area contributed by atoms with Gasteiger partial charge < -0.3 is 9.67 Å². The average Bonchev–Trinajstić information content (AvgIpc) is 2.82. The van der Waals surface area contributed by atoms with Crippen molar-refractivity contribution in [3.8, 4) is 16.9 Å². The Kier molecular flexibility index (Phi) is 6.60. The second-order valence-electron chi connectivity index (χ2n) is 7.76. The molecule has 1 aromatic heterocycles. The molecule has 0 saturated heterocycles. The first kappa shape index (κ1) is 23.0. The van der Waals surface area contributed by atoms with Gasteiger partial charge in [-0.3, -0.25) is 9.59 Å². The highest BCUT2D eigenvalue weighted by atomic mass is 32.2. The molecule has 0 bridgehead atoms. The predicted octanol–water partition coefficient (Wildman–Crippen LogP) is 3.53. The van der Waals surface area contributed by atoms with Gasteiger partial charge in [-0.1, -0.05) is 84.9 Å². The van der Waals surface area contributed by atoms with Gasteiger partial charge in [-0.25, -0.2) is 13.1 Å². The van der Waals surface area contributed by atoms with Crippen LogP contribution in [-0.4, -0.2) is 24.0 Å². The average molecular weight is 475 g/mol. The van der Waals surface area contributed by atoms with E-state index in [9.17, 15) is 23.1 Å². The van der Waals surface area contributed by atoms with Crippen LogP contribution in [0.4, 0.5) is 0 Å². The van der Waals surface area contributed by atoms with E-state index in [1.807, 2.05) is 59.3 Å². The quantitative estimate of drug-likeness (QED) is 0.426. The van der Waals surface area contributed by atoms with Crippen LogP contribution in [0.1, 0.15) is 21.5 Å². The lowest BCUT2D eigenvalue weighted by Crippen LogP contribution is -2.35. The zero-order chi connectivity index (χ0) is 24.1. The van der Waals surface area contributed by atoms with Gasteiger partial charge in [0.25, 0.3) is 5.91 Å². The number of rotatable bonds is 7. The van der Waals surface area contributed by atoms with E-state index in [2.05, 4.69) is 0 Å². The molecule has 8 heteroatoms. The molecular formula is C26H22N2O5S. The monoisotopic (exact) mass is 474 g/mol. The molecule has 1 amide bonds. The molecule has 34 heavy (non-hydrogen) atoms. The number of amides is 1. The SMILES string of the molecule is O=C(NS(=O)(=O)Cc1ccccc1)c1cn(Cc2ccccc2-c2ccccc2)cc(O)c1=O. The zero-order valence-electron chi connectivity index (χ0n) is 18.1. The highest BCUT2D eigenvalue weighted by Crippen LogP contribution is 2.24. The van der Waals surface area contributed by atoms with Gasteiger partial charge in [-0.2, -0.15) is 0 Å².